The molecule has 1 aromatic heterocycles. The van der Waals surface area contributed by atoms with Gasteiger partial charge in [0.25, 0.3) is 0 Å². The van der Waals surface area contributed by atoms with Crippen molar-refractivity contribution in [1.29, 1.82) is 0 Å². The molecule has 0 amide bonds. The lowest BCUT2D eigenvalue weighted by molar-refractivity contribution is 0.598. The Balaban J connectivity index is 1.70. The van der Waals surface area contributed by atoms with Crippen molar-refractivity contribution >= 4 is 40.9 Å². The Morgan fingerprint density at radius 2 is 1.47 bits per heavy atom. The van der Waals surface area contributed by atoms with Crippen LogP contribution in [0.25, 0.3) is 32.7 Å². The summed E-state index contributed by atoms with van der Waals surface area (Å²) in [5, 5.41) is 4.79. The van der Waals surface area contributed by atoms with Gasteiger partial charge >= 0.3 is 8.16 Å². The van der Waals surface area contributed by atoms with Crippen LogP contribution >= 0.6 is 8.16 Å². The average molecular weight is 466 g/mol. The van der Waals surface area contributed by atoms with Crippen LogP contribution in [0.5, 0.6) is 0 Å². The molecule has 0 radical (unpaired) electrons. The molecule has 1 heterocycles. The molecule has 0 bridgehead atoms. The average Bonchev–Trinajstić information content (AvgIpc) is 3.05. The number of rotatable bonds is 4. The summed E-state index contributed by atoms with van der Waals surface area (Å²) in [5.41, 5.74) is 5.82. The van der Waals surface area contributed by atoms with Crippen LogP contribution in [0.3, 0.4) is 0 Å². The molecular formula is C30H28NO2P. The first-order valence-electron chi connectivity index (χ1n) is 12.0. The van der Waals surface area contributed by atoms with Crippen molar-refractivity contribution in [3.05, 3.63) is 108 Å². The molecule has 0 spiro atoms. The largest absolute Gasteiger partial charge is 0.408 e. The summed E-state index contributed by atoms with van der Waals surface area (Å²) in [4.78, 5) is 0. The van der Waals surface area contributed by atoms with Crippen molar-refractivity contribution in [3.63, 3.8) is 0 Å². The second-order valence-corrected chi connectivity index (χ2v) is 10.6. The number of fused-ring (bicyclic) bond motifs is 7. The quantitative estimate of drug-likeness (QED) is 0.249. The van der Waals surface area contributed by atoms with Crippen molar-refractivity contribution < 1.29 is 8.39 Å². The fourth-order valence-electron chi connectivity index (χ4n) is 4.93. The number of benzene rings is 4. The van der Waals surface area contributed by atoms with Crippen molar-refractivity contribution in [3.8, 4) is 0 Å². The minimum atomic E-state index is -1.35. The fraction of sp³-hybridized carbons (Fsp3) is 0.200. The van der Waals surface area contributed by atoms with Gasteiger partial charge < -0.3 is 8.39 Å². The second kappa shape index (κ2) is 8.83. The molecule has 0 saturated carbocycles. The standard InChI is InChI=1S/C30H28NO2P/c1-21(2)31(20-22-10-4-3-5-11-22)34-32-27-18-16-23-12-6-8-14-25(23)29(27)30-26-15-9-7-13-24(26)17-19-28(30)33-34/h3-12,14,16-19,21H,13,15,20H2,1-2H3. The first-order chi connectivity index (χ1) is 16.7. The van der Waals surface area contributed by atoms with Gasteiger partial charge in [-0.05, 0) is 66.3 Å². The molecule has 3 nitrogen and oxygen atoms in total. The zero-order chi connectivity index (χ0) is 23.1. The maximum atomic E-state index is 6.79. The van der Waals surface area contributed by atoms with Crippen LogP contribution in [0, 0.1) is 0 Å². The van der Waals surface area contributed by atoms with E-state index in [9.17, 15) is 0 Å². The maximum absolute atomic E-state index is 6.79. The third kappa shape index (κ3) is 3.76. The van der Waals surface area contributed by atoms with Gasteiger partial charge in [0.2, 0.25) is 0 Å². The van der Waals surface area contributed by atoms with Crippen molar-refractivity contribution in [2.45, 2.75) is 39.3 Å². The number of hydrogen-bond acceptors (Lipinski definition) is 3. The summed E-state index contributed by atoms with van der Waals surface area (Å²) in [6.07, 6.45) is 6.42. The molecule has 6 rings (SSSR count). The van der Waals surface area contributed by atoms with E-state index in [1.54, 1.807) is 0 Å². The molecule has 0 N–H and O–H groups in total. The van der Waals surface area contributed by atoms with Crippen LogP contribution in [0.2, 0.25) is 0 Å². The van der Waals surface area contributed by atoms with Gasteiger partial charge in [-0.25, -0.2) is 0 Å². The number of hydrogen-bond donors (Lipinski definition) is 0. The summed E-state index contributed by atoms with van der Waals surface area (Å²) in [6.45, 7) is 5.20. The third-order valence-corrected chi connectivity index (χ3v) is 8.41. The lowest BCUT2D eigenvalue weighted by Crippen LogP contribution is -2.27. The molecule has 4 heteroatoms. The van der Waals surface area contributed by atoms with E-state index in [1.165, 1.54) is 32.8 Å². The molecule has 1 atom stereocenters. The molecule has 34 heavy (non-hydrogen) atoms. The minimum absolute atomic E-state index is 0.261. The molecular weight excluding hydrogens is 437 g/mol. The van der Waals surface area contributed by atoms with Gasteiger partial charge in [-0.3, -0.25) is 0 Å². The predicted octanol–water partition coefficient (Wildman–Crippen LogP) is 8.64. The fourth-order valence-corrected chi connectivity index (χ4v) is 6.48. The van der Waals surface area contributed by atoms with Crippen LogP contribution in [-0.4, -0.2) is 6.04 Å². The van der Waals surface area contributed by atoms with E-state index in [-0.39, 0.29) is 6.04 Å². The van der Waals surface area contributed by atoms with Crippen molar-refractivity contribution in [1.82, 2.24) is 0 Å². The van der Waals surface area contributed by atoms with E-state index in [4.69, 9.17) is 8.39 Å². The van der Waals surface area contributed by atoms with Gasteiger partial charge in [0.05, 0.1) is 0 Å². The molecule has 0 aliphatic heterocycles. The molecule has 4 aromatic carbocycles. The van der Waals surface area contributed by atoms with Gasteiger partial charge in [0, 0.05) is 23.4 Å². The van der Waals surface area contributed by atoms with Crippen LogP contribution in [0.1, 0.15) is 30.5 Å². The van der Waals surface area contributed by atoms with Crippen LogP contribution < -0.4 is 4.67 Å². The Kier molecular flexibility index (Phi) is 5.53. The summed E-state index contributed by atoms with van der Waals surface area (Å²) >= 11 is 0. The molecule has 1 unspecified atom stereocenters. The van der Waals surface area contributed by atoms with E-state index in [0.717, 1.165) is 35.9 Å². The maximum Gasteiger partial charge on any atom is 0.310 e. The molecule has 0 saturated heterocycles. The first-order valence-corrected chi connectivity index (χ1v) is 13.1. The van der Waals surface area contributed by atoms with Gasteiger partial charge in [0.1, 0.15) is 11.2 Å². The summed E-state index contributed by atoms with van der Waals surface area (Å²) in [5.74, 6) is 0. The van der Waals surface area contributed by atoms with Gasteiger partial charge in [-0.2, -0.15) is 4.67 Å². The molecule has 0 fully saturated rings. The molecule has 170 valence electrons. The molecule has 1 aliphatic carbocycles. The molecule has 1 aliphatic rings. The van der Waals surface area contributed by atoms with Crippen molar-refractivity contribution in [2.24, 2.45) is 0 Å². The highest BCUT2D eigenvalue weighted by atomic mass is 31.1. The van der Waals surface area contributed by atoms with E-state index in [2.05, 4.69) is 110 Å². The van der Waals surface area contributed by atoms with Crippen LogP contribution in [0.4, 0.5) is 0 Å². The lowest BCUT2D eigenvalue weighted by Gasteiger charge is -2.22. The monoisotopic (exact) mass is 465 g/mol. The van der Waals surface area contributed by atoms with Crippen LogP contribution in [-0.2, 0) is 19.4 Å². The second-order valence-electron chi connectivity index (χ2n) is 9.21. The topological polar surface area (TPSA) is 29.5 Å². The van der Waals surface area contributed by atoms with Gasteiger partial charge in [-0.1, -0.05) is 78.9 Å². The summed E-state index contributed by atoms with van der Waals surface area (Å²) < 4.78 is 15.9. The van der Waals surface area contributed by atoms with E-state index < -0.39 is 8.16 Å². The van der Waals surface area contributed by atoms with Gasteiger partial charge in [-0.15, -0.1) is 0 Å². The zero-order valence-electron chi connectivity index (χ0n) is 19.6. The number of nitrogens with zero attached hydrogens (tertiary/aromatic N) is 1. The minimum Gasteiger partial charge on any atom is -0.408 e. The first kappa shape index (κ1) is 21.3. The Bertz CT molecular complexity index is 1570. The molecule has 5 aromatic rings. The normalized spacial score (nSPS) is 13.8. The third-order valence-electron chi connectivity index (χ3n) is 6.69. The van der Waals surface area contributed by atoms with E-state index in [1.807, 2.05) is 0 Å². The van der Waals surface area contributed by atoms with E-state index in [0.29, 0.717) is 0 Å². The van der Waals surface area contributed by atoms with Crippen molar-refractivity contribution in [2.75, 3.05) is 4.67 Å². The van der Waals surface area contributed by atoms with Gasteiger partial charge in [0.15, 0.2) is 0 Å². The van der Waals surface area contributed by atoms with E-state index >= 15 is 0 Å². The highest BCUT2D eigenvalue weighted by molar-refractivity contribution is 7.38. The highest BCUT2D eigenvalue weighted by Crippen LogP contribution is 2.43. The Morgan fingerprint density at radius 1 is 0.765 bits per heavy atom. The number of allylic oxidation sites excluding steroid dienone is 2. The SMILES string of the molecule is CC(C)N(Cc1ccccc1)p1oc2ccc3c(c2c2c(ccc4ccccc42)o1)CC=CC3. The summed E-state index contributed by atoms with van der Waals surface area (Å²) in [6, 6.07) is 28.1. The Morgan fingerprint density at radius 3 is 2.29 bits per heavy atom. The smallest absolute Gasteiger partial charge is 0.310 e. The lowest BCUT2D eigenvalue weighted by atomic mass is 9.91. The Hall–Kier alpha value is -3.26. The highest BCUT2D eigenvalue weighted by Gasteiger charge is 2.21. The predicted molar refractivity (Wildman–Crippen MR) is 144 cm³/mol. The Labute approximate surface area is 200 Å². The zero-order valence-corrected chi connectivity index (χ0v) is 20.5. The summed E-state index contributed by atoms with van der Waals surface area (Å²) in [7, 11) is -1.35. The van der Waals surface area contributed by atoms with Crippen LogP contribution in [0.15, 0.2) is 99.4 Å².